The van der Waals surface area contributed by atoms with Crippen molar-refractivity contribution in [3.05, 3.63) is 17.3 Å². The van der Waals surface area contributed by atoms with E-state index >= 15 is 0 Å². The summed E-state index contributed by atoms with van der Waals surface area (Å²) in [5.74, 6) is -1.38. The average Bonchev–Trinajstić information content (AvgIpc) is 2.09. The summed E-state index contributed by atoms with van der Waals surface area (Å²) >= 11 is 0. The van der Waals surface area contributed by atoms with Crippen LogP contribution in [0.1, 0.15) is 17.7 Å². The number of nitrogen functional groups attached to an aromatic ring is 2. The predicted octanol–water partition coefficient (Wildman–Crippen LogP) is 0.811. The summed E-state index contributed by atoms with van der Waals surface area (Å²) in [4.78, 5) is 14.0. The molecule has 1 aromatic heterocycles. The molecule has 0 aliphatic heterocycles. The van der Waals surface area contributed by atoms with Crippen molar-refractivity contribution in [3.63, 3.8) is 0 Å². The second-order valence-corrected chi connectivity index (χ2v) is 2.87. The summed E-state index contributed by atoms with van der Waals surface area (Å²) in [6, 6.07) is 0.936. The molecule has 0 bridgehead atoms. The largest absolute Gasteiger partial charge is 0.481 e. The lowest BCUT2D eigenvalue weighted by atomic mass is 10.1. The zero-order valence-electron chi connectivity index (χ0n) is 7.58. The van der Waals surface area contributed by atoms with Crippen molar-refractivity contribution < 1.29 is 18.7 Å². The lowest BCUT2D eigenvalue weighted by Gasteiger charge is -2.09. The summed E-state index contributed by atoms with van der Waals surface area (Å²) in [5, 5.41) is 8.49. The molecule has 82 valence electrons. The summed E-state index contributed by atoms with van der Waals surface area (Å²) in [5.41, 5.74) is 9.64. The fourth-order valence-corrected chi connectivity index (χ4v) is 1.11. The quantitative estimate of drug-likeness (QED) is 0.695. The molecular formula is C8H9F2N3O2. The fourth-order valence-electron chi connectivity index (χ4n) is 1.11. The van der Waals surface area contributed by atoms with Crippen LogP contribution in [0.15, 0.2) is 6.07 Å². The summed E-state index contributed by atoms with van der Waals surface area (Å²) in [6.45, 7) is 0. The van der Waals surface area contributed by atoms with Gasteiger partial charge in [0.15, 0.2) is 0 Å². The highest BCUT2D eigenvalue weighted by Gasteiger charge is 2.17. The van der Waals surface area contributed by atoms with Crippen LogP contribution in [0.5, 0.6) is 0 Å². The molecule has 0 fully saturated rings. The van der Waals surface area contributed by atoms with Crippen LogP contribution >= 0.6 is 0 Å². The minimum atomic E-state index is -2.80. The van der Waals surface area contributed by atoms with Gasteiger partial charge in [0, 0.05) is 5.56 Å². The number of anilines is 2. The fraction of sp³-hybridized carbons (Fsp3) is 0.250. The van der Waals surface area contributed by atoms with Crippen molar-refractivity contribution in [2.75, 3.05) is 11.5 Å². The smallest absolute Gasteiger partial charge is 0.309 e. The van der Waals surface area contributed by atoms with Gasteiger partial charge in [-0.15, -0.1) is 0 Å². The molecule has 0 saturated carbocycles. The van der Waals surface area contributed by atoms with Gasteiger partial charge < -0.3 is 16.6 Å². The van der Waals surface area contributed by atoms with Crippen LogP contribution in [0.4, 0.5) is 20.3 Å². The minimum absolute atomic E-state index is 0.141. The lowest BCUT2D eigenvalue weighted by Crippen LogP contribution is -2.10. The van der Waals surface area contributed by atoms with Gasteiger partial charge in [0.05, 0.1) is 17.8 Å². The van der Waals surface area contributed by atoms with Gasteiger partial charge in [-0.1, -0.05) is 0 Å². The predicted molar refractivity (Wildman–Crippen MR) is 49.4 cm³/mol. The number of aliphatic carboxylic acids is 1. The number of pyridine rings is 1. The van der Waals surface area contributed by atoms with Crippen LogP contribution in [-0.4, -0.2) is 16.1 Å². The molecule has 0 saturated heterocycles. The Morgan fingerprint density at radius 3 is 2.60 bits per heavy atom. The van der Waals surface area contributed by atoms with Crippen molar-refractivity contribution in [2.24, 2.45) is 0 Å². The first-order valence-electron chi connectivity index (χ1n) is 3.96. The van der Waals surface area contributed by atoms with Gasteiger partial charge >= 0.3 is 5.97 Å². The van der Waals surface area contributed by atoms with Crippen LogP contribution in [-0.2, 0) is 11.2 Å². The molecule has 15 heavy (non-hydrogen) atoms. The van der Waals surface area contributed by atoms with E-state index in [9.17, 15) is 13.6 Å². The highest BCUT2D eigenvalue weighted by Crippen LogP contribution is 2.28. The Morgan fingerprint density at radius 1 is 1.53 bits per heavy atom. The molecule has 5 N–H and O–H groups in total. The average molecular weight is 217 g/mol. The van der Waals surface area contributed by atoms with Gasteiger partial charge in [-0.3, -0.25) is 4.79 Å². The van der Waals surface area contributed by atoms with Crippen LogP contribution < -0.4 is 11.5 Å². The first-order chi connectivity index (χ1) is 6.91. The molecule has 0 atom stereocenters. The third kappa shape index (κ3) is 2.52. The summed E-state index contributed by atoms with van der Waals surface area (Å²) < 4.78 is 24.8. The van der Waals surface area contributed by atoms with Gasteiger partial charge in [0.1, 0.15) is 5.82 Å². The van der Waals surface area contributed by atoms with Crippen molar-refractivity contribution in [1.82, 2.24) is 4.98 Å². The SMILES string of the molecule is Nc1cc(C(F)F)c(N)c(CC(=O)O)n1. The number of nitrogens with zero attached hydrogens (tertiary/aromatic N) is 1. The van der Waals surface area contributed by atoms with E-state index in [1.54, 1.807) is 0 Å². The molecule has 0 aromatic carbocycles. The van der Waals surface area contributed by atoms with E-state index in [1.807, 2.05) is 0 Å². The Balaban J connectivity index is 3.21. The van der Waals surface area contributed by atoms with E-state index in [1.165, 1.54) is 0 Å². The van der Waals surface area contributed by atoms with Crippen LogP contribution in [0.3, 0.4) is 0 Å². The van der Waals surface area contributed by atoms with E-state index in [4.69, 9.17) is 16.6 Å². The van der Waals surface area contributed by atoms with Gasteiger partial charge in [0.2, 0.25) is 0 Å². The Labute approximate surface area is 83.7 Å². The number of hydrogen-bond acceptors (Lipinski definition) is 4. The zero-order valence-corrected chi connectivity index (χ0v) is 7.58. The maximum atomic E-state index is 12.4. The number of halogens is 2. The standard InChI is InChI=1S/C8H9F2N3O2/c9-8(10)3-1-5(11)13-4(7(3)12)2-6(14)15/h1,8H,2,12H2,(H2,11,13)(H,14,15). The van der Waals surface area contributed by atoms with E-state index < -0.39 is 24.4 Å². The zero-order chi connectivity index (χ0) is 11.6. The van der Waals surface area contributed by atoms with E-state index in [0.29, 0.717) is 0 Å². The number of rotatable bonds is 3. The third-order valence-corrected chi connectivity index (χ3v) is 1.74. The molecular weight excluding hydrogens is 208 g/mol. The molecule has 0 aliphatic rings. The molecule has 0 amide bonds. The first-order valence-corrected chi connectivity index (χ1v) is 3.96. The normalized spacial score (nSPS) is 10.6. The van der Waals surface area contributed by atoms with Crippen LogP contribution in [0.25, 0.3) is 0 Å². The third-order valence-electron chi connectivity index (χ3n) is 1.74. The molecule has 5 nitrogen and oxygen atoms in total. The highest BCUT2D eigenvalue weighted by molar-refractivity contribution is 5.73. The van der Waals surface area contributed by atoms with Crippen molar-refractivity contribution in [3.8, 4) is 0 Å². The second-order valence-electron chi connectivity index (χ2n) is 2.87. The van der Waals surface area contributed by atoms with Gasteiger partial charge in [-0.05, 0) is 6.07 Å². The Hall–Kier alpha value is -1.92. The van der Waals surface area contributed by atoms with Gasteiger partial charge in [-0.25, -0.2) is 13.8 Å². The van der Waals surface area contributed by atoms with Crippen molar-refractivity contribution >= 4 is 17.5 Å². The van der Waals surface area contributed by atoms with Crippen molar-refractivity contribution in [2.45, 2.75) is 12.8 Å². The second kappa shape index (κ2) is 4.07. The van der Waals surface area contributed by atoms with Gasteiger partial charge in [-0.2, -0.15) is 0 Å². The number of nitrogens with two attached hydrogens (primary N) is 2. The number of carboxylic acid groups (broad SMARTS) is 1. The topological polar surface area (TPSA) is 102 Å². The van der Waals surface area contributed by atoms with E-state index in [0.717, 1.165) is 6.07 Å². The van der Waals surface area contributed by atoms with E-state index in [2.05, 4.69) is 4.98 Å². The van der Waals surface area contributed by atoms with Gasteiger partial charge in [0.25, 0.3) is 6.43 Å². The maximum absolute atomic E-state index is 12.4. The van der Waals surface area contributed by atoms with Crippen LogP contribution in [0, 0.1) is 0 Å². The number of carboxylic acids is 1. The summed E-state index contributed by atoms with van der Waals surface area (Å²) in [7, 11) is 0. The number of aromatic nitrogens is 1. The van der Waals surface area contributed by atoms with E-state index in [-0.39, 0.29) is 17.2 Å². The molecule has 0 spiro atoms. The molecule has 0 unspecified atom stereocenters. The number of hydrogen-bond donors (Lipinski definition) is 3. The first kappa shape index (κ1) is 11.2. The van der Waals surface area contributed by atoms with Crippen molar-refractivity contribution in [1.29, 1.82) is 0 Å². The molecule has 7 heteroatoms. The minimum Gasteiger partial charge on any atom is -0.481 e. The highest BCUT2D eigenvalue weighted by atomic mass is 19.3. The Morgan fingerprint density at radius 2 is 2.13 bits per heavy atom. The Kier molecular flexibility index (Phi) is 3.03. The summed E-state index contributed by atoms with van der Waals surface area (Å²) in [6.07, 6.45) is -3.33. The molecule has 1 aromatic rings. The molecule has 0 aliphatic carbocycles. The number of carbonyl (C=O) groups is 1. The van der Waals surface area contributed by atoms with Crippen LogP contribution in [0.2, 0.25) is 0 Å². The molecule has 1 rings (SSSR count). The monoisotopic (exact) mass is 217 g/mol. The number of alkyl halides is 2. The maximum Gasteiger partial charge on any atom is 0.309 e. The molecule has 0 radical (unpaired) electrons. The Bertz CT molecular complexity index is 396. The lowest BCUT2D eigenvalue weighted by molar-refractivity contribution is -0.136. The molecule has 1 heterocycles.